The molecule has 0 amide bonds. The number of benzene rings is 2. The molecule has 0 fully saturated rings. The first-order valence-electron chi connectivity index (χ1n) is 6.33. The van der Waals surface area contributed by atoms with Crippen LogP contribution in [0.3, 0.4) is 0 Å². The van der Waals surface area contributed by atoms with Gasteiger partial charge in [0.1, 0.15) is 0 Å². The lowest BCUT2D eigenvalue weighted by Crippen LogP contribution is -2.11. The summed E-state index contributed by atoms with van der Waals surface area (Å²) in [4.78, 5) is 0. The van der Waals surface area contributed by atoms with Crippen molar-refractivity contribution in [2.24, 2.45) is 11.8 Å². The van der Waals surface area contributed by atoms with Gasteiger partial charge in [-0.15, -0.1) is 11.6 Å². The first-order chi connectivity index (χ1) is 8.52. The summed E-state index contributed by atoms with van der Waals surface area (Å²) >= 11 is 12.9. The zero-order valence-electron chi connectivity index (χ0n) is 11.0. The van der Waals surface area contributed by atoms with Crippen molar-refractivity contribution in [3.8, 4) is 0 Å². The van der Waals surface area contributed by atoms with Gasteiger partial charge in [-0.25, -0.2) is 0 Å². The van der Waals surface area contributed by atoms with Crippen LogP contribution in [-0.2, 0) is 0 Å². The van der Waals surface area contributed by atoms with E-state index in [-0.39, 0.29) is 5.38 Å². The highest BCUT2D eigenvalue weighted by molar-refractivity contribution is 6.35. The fraction of sp³-hybridized carbons (Fsp3) is 0.375. The van der Waals surface area contributed by atoms with E-state index in [9.17, 15) is 0 Å². The van der Waals surface area contributed by atoms with E-state index in [0.717, 1.165) is 15.8 Å². The van der Waals surface area contributed by atoms with E-state index in [0.29, 0.717) is 11.8 Å². The molecule has 0 N–H and O–H groups in total. The number of hydrogen-bond donors (Lipinski definition) is 0. The van der Waals surface area contributed by atoms with Gasteiger partial charge < -0.3 is 0 Å². The minimum atomic E-state index is 0.0205. The van der Waals surface area contributed by atoms with E-state index in [1.54, 1.807) is 0 Å². The van der Waals surface area contributed by atoms with Crippen LogP contribution in [0.5, 0.6) is 0 Å². The number of fused-ring (bicyclic) bond motifs is 1. The van der Waals surface area contributed by atoms with Gasteiger partial charge in [-0.2, -0.15) is 0 Å². The molecule has 0 aliphatic rings. The van der Waals surface area contributed by atoms with Crippen molar-refractivity contribution in [1.82, 2.24) is 0 Å². The Hall–Kier alpha value is -0.720. The number of hydrogen-bond acceptors (Lipinski definition) is 0. The maximum Gasteiger partial charge on any atom is 0.0619 e. The summed E-state index contributed by atoms with van der Waals surface area (Å²) in [6.45, 7) is 6.61. The molecule has 0 aliphatic heterocycles. The number of alkyl halides is 1. The average molecular weight is 281 g/mol. The van der Waals surface area contributed by atoms with Gasteiger partial charge in [0.25, 0.3) is 0 Å². The van der Waals surface area contributed by atoms with E-state index in [2.05, 4.69) is 32.9 Å². The third kappa shape index (κ3) is 2.50. The fourth-order valence-electron chi connectivity index (χ4n) is 2.15. The van der Waals surface area contributed by atoms with Crippen LogP contribution < -0.4 is 0 Å². The summed E-state index contributed by atoms with van der Waals surface area (Å²) in [5.41, 5.74) is 1.18. The molecular formula is C16H18Cl2. The maximum absolute atomic E-state index is 6.64. The first kappa shape index (κ1) is 13.7. The largest absolute Gasteiger partial charge is 0.117 e. The van der Waals surface area contributed by atoms with Crippen LogP contribution in [0.4, 0.5) is 0 Å². The van der Waals surface area contributed by atoms with Crippen LogP contribution in [0.2, 0.25) is 5.02 Å². The van der Waals surface area contributed by atoms with E-state index in [1.165, 1.54) is 5.56 Å². The predicted molar refractivity (Wildman–Crippen MR) is 81.6 cm³/mol. The van der Waals surface area contributed by atoms with Gasteiger partial charge >= 0.3 is 0 Å². The molecule has 2 aromatic rings. The summed E-state index contributed by atoms with van der Waals surface area (Å²) in [6.07, 6.45) is 0. The third-order valence-electron chi connectivity index (χ3n) is 3.71. The second-order valence-electron chi connectivity index (χ2n) is 5.19. The highest BCUT2D eigenvalue weighted by Crippen LogP contribution is 2.38. The molecule has 0 aromatic heterocycles. The van der Waals surface area contributed by atoms with E-state index >= 15 is 0 Å². The monoisotopic (exact) mass is 280 g/mol. The minimum absolute atomic E-state index is 0.0205. The summed E-state index contributed by atoms with van der Waals surface area (Å²) in [7, 11) is 0. The molecule has 2 unspecified atom stereocenters. The van der Waals surface area contributed by atoms with Gasteiger partial charge in [-0.1, -0.05) is 62.7 Å². The third-order valence-corrected chi connectivity index (χ3v) is 4.68. The lowest BCUT2D eigenvalue weighted by Gasteiger charge is -2.23. The molecule has 18 heavy (non-hydrogen) atoms. The summed E-state index contributed by atoms with van der Waals surface area (Å²) in [5.74, 6) is 0.984. The van der Waals surface area contributed by atoms with Crippen LogP contribution in [0.25, 0.3) is 10.8 Å². The van der Waals surface area contributed by atoms with Crippen LogP contribution in [0.1, 0.15) is 31.7 Å². The van der Waals surface area contributed by atoms with Crippen molar-refractivity contribution in [2.45, 2.75) is 26.1 Å². The molecule has 2 aromatic carbocycles. The Morgan fingerprint density at radius 2 is 1.50 bits per heavy atom. The molecule has 0 heterocycles. The highest BCUT2D eigenvalue weighted by atomic mass is 35.5. The Bertz CT molecular complexity index is 546. The smallest absolute Gasteiger partial charge is 0.0619 e. The molecule has 2 atom stereocenters. The quantitative estimate of drug-likeness (QED) is 0.599. The molecule has 0 aliphatic carbocycles. The van der Waals surface area contributed by atoms with Crippen LogP contribution in [0, 0.1) is 11.8 Å². The molecule has 0 bridgehead atoms. The number of halogens is 2. The van der Waals surface area contributed by atoms with Crippen molar-refractivity contribution in [1.29, 1.82) is 0 Å². The molecule has 0 spiro atoms. The standard InChI is InChI=1S/C16H18Cl2/c1-10(2)11(3)16(18)14-8-9-15(17)13-7-5-4-6-12(13)14/h4-11,16H,1-3H3. The van der Waals surface area contributed by atoms with Gasteiger partial charge in [0, 0.05) is 10.4 Å². The SMILES string of the molecule is CC(C)C(C)C(Cl)c1ccc(Cl)c2ccccc12. The molecular weight excluding hydrogens is 263 g/mol. The summed E-state index contributed by atoms with van der Waals surface area (Å²) in [5, 5.41) is 3.05. The zero-order chi connectivity index (χ0) is 13.3. The molecule has 96 valence electrons. The molecule has 0 saturated carbocycles. The van der Waals surface area contributed by atoms with Gasteiger partial charge in [-0.05, 0) is 28.9 Å². The van der Waals surface area contributed by atoms with Crippen molar-refractivity contribution < 1.29 is 0 Å². The van der Waals surface area contributed by atoms with Crippen molar-refractivity contribution >= 4 is 34.0 Å². The average Bonchev–Trinajstić information content (AvgIpc) is 2.38. The second kappa shape index (κ2) is 5.50. The van der Waals surface area contributed by atoms with Crippen LogP contribution in [0.15, 0.2) is 36.4 Å². The normalized spacial score (nSPS) is 15.0. The van der Waals surface area contributed by atoms with Gasteiger partial charge in [-0.3, -0.25) is 0 Å². The summed E-state index contributed by atoms with van der Waals surface area (Å²) in [6, 6.07) is 12.2. The summed E-state index contributed by atoms with van der Waals surface area (Å²) < 4.78 is 0. The topological polar surface area (TPSA) is 0 Å². The molecule has 2 heteroatoms. The predicted octanol–water partition coefficient (Wildman–Crippen LogP) is 6.07. The van der Waals surface area contributed by atoms with Crippen molar-refractivity contribution in [3.05, 3.63) is 47.0 Å². The fourth-order valence-corrected chi connectivity index (χ4v) is 2.86. The zero-order valence-corrected chi connectivity index (χ0v) is 12.5. The van der Waals surface area contributed by atoms with Crippen molar-refractivity contribution in [2.75, 3.05) is 0 Å². The van der Waals surface area contributed by atoms with Crippen LogP contribution in [-0.4, -0.2) is 0 Å². The number of rotatable bonds is 3. The molecule has 0 saturated heterocycles. The van der Waals surface area contributed by atoms with Gasteiger partial charge in [0.15, 0.2) is 0 Å². The first-order valence-corrected chi connectivity index (χ1v) is 7.15. The van der Waals surface area contributed by atoms with E-state index in [4.69, 9.17) is 23.2 Å². The Morgan fingerprint density at radius 3 is 2.11 bits per heavy atom. The molecule has 0 radical (unpaired) electrons. The highest BCUT2D eigenvalue weighted by Gasteiger charge is 2.21. The molecule has 0 nitrogen and oxygen atoms in total. The van der Waals surface area contributed by atoms with E-state index < -0.39 is 0 Å². The van der Waals surface area contributed by atoms with Gasteiger partial charge in [0.2, 0.25) is 0 Å². The Labute approximate surface area is 119 Å². The van der Waals surface area contributed by atoms with E-state index in [1.807, 2.05) is 24.3 Å². The Morgan fingerprint density at radius 1 is 0.889 bits per heavy atom. The lowest BCUT2D eigenvalue weighted by molar-refractivity contribution is 0.407. The second-order valence-corrected chi connectivity index (χ2v) is 6.06. The van der Waals surface area contributed by atoms with Crippen LogP contribution >= 0.6 is 23.2 Å². The molecule has 2 rings (SSSR count). The Balaban J connectivity index is 2.55. The lowest BCUT2D eigenvalue weighted by atomic mass is 9.88. The Kier molecular flexibility index (Phi) is 4.19. The minimum Gasteiger partial charge on any atom is -0.117 e. The van der Waals surface area contributed by atoms with Crippen molar-refractivity contribution in [3.63, 3.8) is 0 Å². The maximum atomic E-state index is 6.64. The van der Waals surface area contributed by atoms with Gasteiger partial charge in [0.05, 0.1) is 5.38 Å².